The van der Waals surface area contributed by atoms with Crippen LogP contribution in [0.15, 0.2) is 34.9 Å². The minimum absolute atomic E-state index is 0.182. The van der Waals surface area contributed by atoms with Gasteiger partial charge in [0.05, 0.1) is 27.4 Å². The second-order valence-corrected chi connectivity index (χ2v) is 11.0. The Bertz CT molecular complexity index is 952. The van der Waals surface area contributed by atoms with Crippen molar-refractivity contribution in [2.45, 2.75) is 75.0 Å². The molecule has 1 heterocycles. The van der Waals surface area contributed by atoms with Gasteiger partial charge in [0, 0.05) is 11.6 Å². The number of ketones is 1. The Morgan fingerprint density at radius 2 is 2.10 bits per heavy atom. The molecule has 1 aromatic rings. The van der Waals surface area contributed by atoms with Gasteiger partial charge in [-0.15, -0.1) is 0 Å². The van der Waals surface area contributed by atoms with Crippen LogP contribution in [-0.2, 0) is 25.8 Å². The monoisotopic (exact) mass is 419 g/mol. The molecule has 0 radical (unpaired) electrons. The molecule has 6 nitrogen and oxygen atoms in total. The summed E-state index contributed by atoms with van der Waals surface area (Å²) in [6, 6.07) is 3.18. The van der Waals surface area contributed by atoms with E-state index in [9.17, 15) is 23.1 Å². The second kappa shape index (κ2) is 7.76. The summed E-state index contributed by atoms with van der Waals surface area (Å²) in [7, 11) is -3.48. The second-order valence-electron chi connectivity index (χ2n) is 8.53. The molecule has 3 rings (SSSR count). The lowest BCUT2D eigenvalue weighted by Crippen LogP contribution is -2.48. The summed E-state index contributed by atoms with van der Waals surface area (Å²) in [6.07, 6.45) is 6.47. The molecule has 0 aliphatic heterocycles. The average Bonchev–Trinajstić information content (AvgIpc) is 2.98. The smallest absolute Gasteiger partial charge is 0.182 e. The number of rotatable bonds is 7. The van der Waals surface area contributed by atoms with Crippen molar-refractivity contribution >= 4 is 21.9 Å². The molecule has 0 aromatic carbocycles. The van der Waals surface area contributed by atoms with Gasteiger partial charge in [0.15, 0.2) is 15.6 Å². The maximum absolute atomic E-state index is 12.7. The Balaban J connectivity index is 1.93. The predicted octanol–water partition coefficient (Wildman–Crippen LogP) is 2.83. The Hall–Kier alpha value is -1.86. The maximum Gasteiger partial charge on any atom is 0.182 e. The molecule has 1 aromatic heterocycles. The number of hydrogen-bond acceptors (Lipinski definition) is 6. The van der Waals surface area contributed by atoms with Crippen molar-refractivity contribution in [2.24, 2.45) is 11.3 Å². The summed E-state index contributed by atoms with van der Waals surface area (Å²) in [5.74, 6) is -0.909. The van der Waals surface area contributed by atoms with Crippen molar-refractivity contribution in [3.63, 3.8) is 0 Å². The number of carbonyl (C=O) groups excluding carboxylic acids is 2. The molecular weight excluding hydrogens is 390 g/mol. The van der Waals surface area contributed by atoms with E-state index in [-0.39, 0.29) is 10.7 Å². The van der Waals surface area contributed by atoms with E-state index in [4.69, 9.17) is 0 Å². The number of sulfone groups is 1. The molecule has 3 atom stereocenters. The SMILES string of the molecule is CCC12CC(C=O)C(=O)C=C1CC[C@@]2(O)CCc1ncccc1S(=O)(=O)C(C)C. The lowest BCUT2D eigenvalue weighted by molar-refractivity contribution is -0.129. The Morgan fingerprint density at radius 1 is 1.38 bits per heavy atom. The van der Waals surface area contributed by atoms with Crippen LogP contribution >= 0.6 is 0 Å². The van der Waals surface area contributed by atoms with Crippen LogP contribution in [0.5, 0.6) is 0 Å². The summed E-state index contributed by atoms with van der Waals surface area (Å²) < 4.78 is 25.4. The van der Waals surface area contributed by atoms with E-state index in [2.05, 4.69) is 4.98 Å². The van der Waals surface area contributed by atoms with Crippen LogP contribution < -0.4 is 0 Å². The van der Waals surface area contributed by atoms with Gasteiger partial charge in [0.1, 0.15) is 6.29 Å². The standard InChI is InChI=1S/C22H29NO5S/c1-4-21-13-16(14-24)19(25)12-17(21)7-9-22(21,26)10-8-18-20(6-5-11-23-18)29(27,28)15(2)3/h5-6,11-12,14-16,26H,4,7-10,13H2,1-3H3/t16?,21?,22-/m1/s1. The molecule has 0 saturated heterocycles. The van der Waals surface area contributed by atoms with Gasteiger partial charge < -0.3 is 9.90 Å². The van der Waals surface area contributed by atoms with Gasteiger partial charge in [0.25, 0.3) is 0 Å². The number of aromatic nitrogens is 1. The average molecular weight is 420 g/mol. The van der Waals surface area contributed by atoms with Gasteiger partial charge in [-0.05, 0) is 70.6 Å². The number of carbonyl (C=O) groups is 2. The normalized spacial score (nSPS) is 29.6. The first-order valence-electron chi connectivity index (χ1n) is 10.2. The van der Waals surface area contributed by atoms with E-state index < -0.39 is 32.0 Å². The minimum atomic E-state index is -3.48. The van der Waals surface area contributed by atoms with Crippen LogP contribution in [0.25, 0.3) is 0 Å². The topological polar surface area (TPSA) is 101 Å². The summed E-state index contributed by atoms with van der Waals surface area (Å²) in [4.78, 5) is 28.1. The highest BCUT2D eigenvalue weighted by molar-refractivity contribution is 7.92. The predicted molar refractivity (Wildman–Crippen MR) is 109 cm³/mol. The molecule has 0 spiro atoms. The van der Waals surface area contributed by atoms with Crippen LogP contribution in [0.4, 0.5) is 0 Å². The molecule has 2 aliphatic carbocycles. The van der Waals surface area contributed by atoms with Gasteiger partial charge in [0.2, 0.25) is 0 Å². The Labute approximate surface area is 172 Å². The zero-order valence-corrected chi connectivity index (χ0v) is 18.0. The van der Waals surface area contributed by atoms with E-state index in [1.165, 1.54) is 0 Å². The zero-order valence-electron chi connectivity index (χ0n) is 17.2. The molecular formula is C22H29NO5S. The number of fused-ring (bicyclic) bond motifs is 1. The molecule has 29 heavy (non-hydrogen) atoms. The van der Waals surface area contributed by atoms with Crippen LogP contribution in [0.2, 0.25) is 0 Å². The third kappa shape index (κ3) is 3.48. The van der Waals surface area contributed by atoms with E-state index in [1.807, 2.05) is 6.92 Å². The van der Waals surface area contributed by atoms with Crippen molar-refractivity contribution in [3.8, 4) is 0 Å². The van der Waals surface area contributed by atoms with Gasteiger partial charge in [-0.2, -0.15) is 0 Å². The fraction of sp³-hybridized carbons (Fsp3) is 0.591. The van der Waals surface area contributed by atoms with Crippen LogP contribution in [0.3, 0.4) is 0 Å². The fourth-order valence-electron chi connectivity index (χ4n) is 5.03. The molecule has 0 bridgehead atoms. The van der Waals surface area contributed by atoms with Gasteiger partial charge in [-0.25, -0.2) is 8.42 Å². The van der Waals surface area contributed by atoms with Crippen molar-refractivity contribution in [1.82, 2.24) is 4.98 Å². The van der Waals surface area contributed by atoms with Gasteiger partial charge in [-0.1, -0.05) is 12.5 Å². The molecule has 1 saturated carbocycles. The number of aryl methyl sites for hydroxylation is 1. The Kier molecular flexibility index (Phi) is 5.84. The number of hydrogen-bond donors (Lipinski definition) is 1. The van der Waals surface area contributed by atoms with E-state index in [0.717, 1.165) is 5.57 Å². The molecule has 2 unspecified atom stereocenters. The summed E-state index contributed by atoms with van der Waals surface area (Å²) in [5, 5.41) is 11.1. The molecule has 7 heteroatoms. The highest BCUT2D eigenvalue weighted by Gasteiger charge is 2.58. The summed E-state index contributed by atoms with van der Waals surface area (Å²) in [6.45, 7) is 5.24. The van der Waals surface area contributed by atoms with Crippen molar-refractivity contribution in [2.75, 3.05) is 0 Å². The number of pyridine rings is 1. The number of nitrogens with zero attached hydrogens (tertiary/aromatic N) is 1. The third-order valence-corrected chi connectivity index (χ3v) is 9.11. The molecule has 2 aliphatic rings. The molecule has 1 fully saturated rings. The zero-order chi connectivity index (χ0) is 21.4. The van der Waals surface area contributed by atoms with Crippen LogP contribution in [0.1, 0.15) is 58.6 Å². The summed E-state index contributed by atoms with van der Waals surface area (Å²) >= 11 is 0. The minimum Gasteiger partial charge on any atom is -0.389 e. The van der Waals surface area contributed by atoms with Crippen molar-refractivity contribution in [1.29, 1.82) is 0 Å². The van der Waals surface area contributed by atoms with Crippen LogP contribution in [-0.4, -0.2) is 41.4 Å². The quantitative estimate of drug-likeness (QED) is 0.539. The largest absolute Gasteiger partial charge is 0.389 e. The molecule has 1 N–H and O–H groups in total. The fourth-order valence-corrected chi connectivity index (χ4v) is 6.29. The first-order valence-corrected chi connectivity index (χ1v) is 11.8. The van der Waals surface area contributed by atoms with Crippen LogP contribution in [0, 0.1) is 11.3 Å². The van der Waals surface area contributed by atoms with Crippen molar-refractivity contribution in [3.05, 3.63) is 35.7 Å². The highest BCUT2D eigenvalue weighted by atomic mass is 32.2. The van der Waals surface area contributed by atoms with Crippen molar-refractivity contribution < 1.29 is 23.1 Å². The molecule has 0 amide bonds. The third-order valence-electron chi connectivity index (χ3n) is 6.88. The maximum atomic E-state index is 12.7. The number of allylic oxidation sites excluding steroid dienone is 1. The number of aliphatic hydroxyl groups is 1. The first-order chi connectivity index (χ1) is 13.6. The van der Waals surface area contributed by atoms with Gasteiger partial charge >= 0.3 is 0 Å². The highest BCUT2D eigenvalue weighted by Crippen LogP contribution is 2.59. The lowest BCUT2D eigenvalue weighted by Gasteiger charge is -2.46. The molecule has 158 valence electrons. The Morgan fingerprint density at radius 3 is 2.72 bits per heavy atom. The van der Waals surface area contributed by atoms with E-state index in [1.54, 1.807) is 38.3 Å². The van der Waals surface area contributed by atoms with E-state index >= 15 is 0 Å². The first kappa shape index (κ1) is 21.8. The lowest BCUT2D eigenvalue weighted by atomic mass is 9.61. The van der Waals surface area contributed by atoms with E-state index in [0.29, 0.717) is 50.5 Å². The van der Waals surface area contributed by atoms with Gasteiger partial charge in [-0.3, -0.25) is 9.78 Å². The summed E-state index contributed by atoms with van der Waals surface area (Å²) in [5.41, 5.74) is -0.358. The number of aldehydes is 1.